The van der Waals surface area contributed by atoms with Gasteiger partial charge in [-0.1, -0.05) is 23.7 Å². The molecule has 22 heavy (non-hydrogen) atoms. The molecular formula is C15H12ClFN2O3. The summed E-state index contributed by atoms with van der Waals surface area (Å²) in [6, 6.07) is 8.10. The lowest BCUT2D eigenvalue weighted by Crippen LogP contribution is -2.24. The standard InChI is InChI=1S/C15H12ClFN2O3/c1-9-2-3-10(6-13(9)16)8-18-15(20)12-7-11(19(21)22)4-5-14(12)17/h2-7H,8H2,1H3,(H,18,20). The number of nitrogens with zero attached hydrogens (tertiary/aromatic N) is 1. The zero-order valence-electron chi connectivity index (χ0n) is 11.6. The summed E-state index contributed by atoms with van der Waals surface area (Å²) in [5.74, 6) is -1.54. The SMILES string of the molecule is Cc1ccc(CNC(=O)c2cc([N+](=O)[O-])ccc2F)cc1Cl. The Morgan fingerprint density at radius 3 is 2.68 bits per heavy atom. The number of carbonyl (C=O) groups is 1. The van der Waals surface area contributed by atoms with E-state index in [0.29, 0.717) is 5.02 Å². The highest BCUT2D eigenvalue weighted by Gasteiger charge is 2.16. The molecule has 0 unspecified atom stereocenters. The van der Waals surface area contributed by atoms with Gasteiger partial charge in [-0.05, 0) is 30.2 Å². The zero-order chi connectivity index (χ0) is 16.3. The van der Waals surface area contributed by atoms with Crippen LogP contribution in [0.3, 0.4) is 0 Å². The minimum absolute atomic E-state index is 0.140. The van der Waals surface area contributed by atoms with E-state index < -0.39 is 16.6 Å². The van der Waals surface area contributed by atoms with Crippen molar-refractivity contribution in [1.29, 1.82) is 0 Å². The molecule has 0 aliphatic heterocycles. The second-order valence-corrected chi connectivity index (χ2v) is 5.09. The van der Waals surface area contributed by atoms with Crippen molar-refractivity contribution < 1.29 is 14.1 Å². The van der Waals surface area contributed by atoms with Gasteiger partial charge >= 0.3 is 0 Å². The molecule has 0 bridgehead atoms. The van der Waals surface area contributed by atoms with Gasteiger partial charge in [-0.25, -0.2) is 4.39 Å². The maximum absolute atomic E-state index is 13.6. The minimum Gasteiger partial charge on any atom is -0.348 e. The van der Waals surface area contributed by atoms with Gasteiger partial charge in [0.25, 0.3) is 11.6 Å². The average molecular weight is 323 g/mol. The Balaban J connectivity index is 2.13. The number of non-ortho nitro benzene ring substituents is 1. The molecule has 0 aliphatic carbocycles. The fourth-order valence-corrected chi connectivity index (χ4v) is 2.03. The molecule has 0 heterocycles. The van der Waals surface area contributed by atoms with E-state index in [9.17, 15) is 19.3 Å². The Hall–Kier alpha value is -2.47. The summed E-state index contributed by atoms with van der Waals surface area (Å²) >= 11 is 5.98. The summed E-state index contributed by atoms with van der Waals surface area (Å²) in [6.07, 6.45) is 0. The third-order valence-electron chi connectivity index (χ3n) is 3.09. The third kappa shape index (κ3) is 3.59. The second kappa shape index (κ2) is 6.53. The Kier molecular flexibility index (Phi) is 4.72. The number of halogens is 2. The molecule has 2 aromatic carbocycles. The molecule has 0 fully saturated rings. The monoisotopic (exact) mass is 322 g/mol. The predicted molar refractivity (Wildman–Crippen MR) is 80.4 cm³/mol. The van der Waals surface area contributed by atoms with Crippen LogP contribution in [-0.4, -0.2) is 10.8 Å². The lowest BCUT2D eigenvalue weighted by Gasteiger charge is -2.07. The average Bonchev–Trinajstić information content (AvgIpc) is 2.48. The van der Waals surface area contributed by atoms with Crippen LogP contribution in [0.5, 0.6) is 0 Å². The van der Waals surface area contributed by atoms with Crippen molar-refractivity contribution in [3.63, 3.8) is 0 Å². The van der Waals surface area contributed by atoms with Crippen LogP contribution in [0.15, 0.2) is 36.4 Å². The van der Waals surface area contributed by atoms with Crippen LogP contribution in [0.1, 0.15) is 21.5 Å². The number of rotatable bonds is 4. The van der Waals surface area contributed by atoms with Crippen molar-refractivity contribution in [2.24, 2.45) is 0 Å². The Bertz CT molecular complexity index is 750. The zero-order valence-corrected chi connectivity index (χ0v) is 12.4. The van der Waals surface area contributed by atoms with Crippen LogP contribution in [0, 0.1) is 22.9 Å². The molecule has 0 aromatic heterocycles. The van der Waals surface area contributed by atoms with E-state index in [1.165, 1.54) is 0 Å². The van der Waals surface area contributed by atoms with E-state index in [0.717, 1.165) is 29.3 Å². The van der Waals surface area contributed by atoms with Crippen LogP contribution in [0.25, 0.3) is 0 Å². The number of hydrogen-bond donors (Lipinski definition) is 1. The van der Waals surface area contributed by atoms with Crippen molar-refractivity contribution in [3.05, 3.63) is 74.0 Å². The first-order chi connectivity index (χ1) is 10.4. The first-order valence-corrected chi connectivity index (χ1v) is 6.73. The van der Waals surface area contributed by atoms with Crippen LogP contribution in [-0.2, 0) is 6.54 Å². The first-order valence-electron chi connectivity index (χ1n) is 6.35. The predicted octanol–water partition coefficient (Wildman–Crippen LogP) is 3.63. The highest BCUT2D eigenvalue weighted by molar-refractivity contribution is 6.31. The van der Waals surface area contributed by atoms with E-state index in [-0.39, 0.29) is 17.8 Å². The molecule has 1 N–H and O–H groups in total. The van der Waals surface area contributed by atoms with Crippen molar-refractivity contribution >= 4 is 23.2 Å². The highest BCUT2D eigenvalue weighted by atomic mass is 35.5. The van der Waals surface area contributed by atoms with Crippen LogP contribution >= 0.6 is 11.6 Å². The molecule has 0 atom stereocenters. The topological polar surface area (TPSA) is 72.2 Å². The number of hydrogen-bond acceptors (Lipinski definition) is 3. The summed E-state index contributed by atoms with van der Waals surface area (Å²) in [5, 5.41) is 13.7. The molecule has 114 valence electrons. The van der Waals surface area contributed by atoms with Gasteiger partial charge in [0.1, 0.15) is 5.82 Å². The maximum Gasteiger partial charge on any atom is 0.270 e. The quantitative estimate of drug-likeness (QED) is 0.690. The largest absolute Gasteiger partial charge is 0.348 e. The molecule has 7 heteroatoms. The summed E-state index contributed by atoms with van der Waals surface area (Å²) < 4.78 is 13.6. The van der Waals surface area contributed by atoms with Gasteiger partial charge in [0.15, 0.2) is 0 Å². The summed E-state index contributed by atoms with van der Waals surface area (Å²) in [7, 11) is 0. The minimum atomic E-state index is -0.815. The first kappa shape index (κ1) is 15.9. The molecule has 0 saturated carbocycles. The molecule has 2 rings (SSSR count). The van der Waals surface area contributed by atoms with Crippen molar-refractivity contribution in [3.8, 4) is 0 Å². The lowest BCUT2D eigenvalue weighted by atomic mass is 10.1. The Labute approximate surface area is 130 Å². The van der Waals surface area contributed by atoms with E-state index in [2.05, 4.69) is 5.32 Å². The van der Waals surface area contributed by atoms with Gasteiger partial charge in [-0.3, -0.25) is 14.9 Å². The number of benzene rings is 2. The molecule has 0 aliphatic rings. The summed E-state index contributed by atoms with van der Waals surface area (Å²) in [6.45, 7) is 1.99. The van der Waals surface area contributed by atoms with Gasteiger partial charge in [0, 0.05) is 23.7 Å². The lowest BCUT2D eigenvalue weighted by molar-refractivity contribution is -0.384. The van der Waals surface area contributed by atoms with Crippen LogP contribution in [0.4, 0.5) is 10.1 Å². The van der Waals surface area contributed by atoms with Crippen LogP contribution < -0.4 is 5.32 Å². The van der Waals surface area contributed by atoms with Gasteiger partial charge in [-0.2, -0.15) is 0 Å². The van der Waals surface area contributed by atoms with E-state index in [1.807, 2.05) is 6.92 Å². The molecule has 0 saturated heterocycles. The molecular weight excluding hydrogens is 311 g/mol. The summed E-state index contributed by atoms with van der Waals surface area (Å²) in [5.41, 5.74) is 0.939. The van der Waals surface area contributed by atoms with E-state index >= 15 is 0 Å². The van der Waals surface area contributed by atoms with Gasteiger partial charge in [-0.15, -0.1) is 0 Å². The number of aryl methyl sites for hydroxylation is 1. The summed E-state index contributed by atoms with van der Waals surface area (Å²) in [4.78, 5) is 21.9. The number of nitrogens with one attached hydrogen (secondary N) is 1. The van der Waals surface area contributed by atoms with E-state index in [4.69, 9.17) is 11.6 Å². The smallest absolute Gasteiger partial charge is 0.270 e. The second-order valence-electron chi connectivity index (χ2n) is 4.69. The van der Waals surface area contributed by atoms with Gasteiger partial charge in [0.05, 0.1) is 10.5 Å². The molecule has 0 spiro atoms. The molecule has 5 nitrogen and oxygen atoms in total. The van der Waals surface area contributed by atoms with Crippen molar-refractivity contribution in [2.75, 3.05) is 0 Å². The molecule has 2 aromatic rings. The molecule has 1 amide bonds. The van der Waals surface area contributed by atoms with Gasteiger partial charge in [0.2, 0.25) is 0 Å². The van der Waals surface area contributed by atoms with E-state index in [1.54, 1.807) is 18.2 Å². The Morgan fingerprint density at radius 2 is 2.05 bits per heavy atom. The number of amides is 1. The fourth-order valence-electron chi connectivity index (χ4n) is 1.82. The normalized spacial score (nSPS) is 10.3. The number of carbonyl (C=O) groups excluding carboxylic acids is 1. The van der Waals surface area contributed by atoms with Crippen molar-refractivity contribution in [2.45, 2.75) is 13.5 Å². The van der Waals surface area contributed by atoms with Crippen LogP contribution in [0.2, 0.25) is 5.02 Å². The number of nitro benzene ring substituents is 1. The fraction of sp³-hybridized carbons (Fsp3) is 0.133. The molecule has 0 radical (unpaired) electrons. The Morgan fingerprint density at radius 1 is 1.32 bits per heavy atom. The van der Waals surface area contributed by atoms with Gasteiger partial charge < -0.3 is 5.32 Å². The maximum atomic E-state index is 13.6. The third-order valence-corrected chi connectivity index (χ3v) is 3.50. The number of nitro groups is 1. The van der Waals surface area contributed by atoms with Crippen molar-refractivity contribution in [1.82, 2.24) is 5.32 Å². The highest BCUT2D eigenvalue weighted by Crippen LogP contribution is 2.18.